The van der Waals surface area contributed by atoms with Crippen molar-refractivity contribution in [3.63, 3.8) is 0 Å². The zero-order valence-corrected chi connectivity index (χ0v) is 7.58. The standard InChI is InChI=1S/C9H15N3O/c13-9(2-1-3-10-7-9)4-8-5-11-12-6-8/h5-6,10,13H,1-4,7H2,(H,11,12). The third-order valence-corrected chi connectivity index (χ3v) is 2.54. The van der Waals surface area contributed by atoms with Gasteiger partial charge >= 0.3 is 0 Å². The lowest BCUT2D eigenvalue weighted by atomic mass is 9.89. The van der Waals surface area contributed by atoms with E-state index in [2.05, 4.69) is 15.5 Å². The Balaban J connectivity index is 1.99. The number of aromatic nitrogens is 2. The molecule has 0 saturated carbocycles. The molecular formula is C9H15N3O. The zero-order valence-electron chi connectivity index (χ0n) is 7.58. The van der Waals surface area contributed by atoms with Gasteiger partial charge in [-0.2, -0.15) is 5.10 Å². The molecule has 0 bridgehead atoms. The second-order valence-corrected chi connectivity index (χ2v) is 3.79. The molecule has 0 spiro atoms. The van der Waals surface area contributed by atoms with Crippen LogP contribution in [0.25, 0.3) is 0 Å². The van der Waals surface area contributed by atoms with Crippen LogP contribution in [-0.2, 0) is 6.42 Å². The smallest absolute Gasteiger partial charge is 0.0813 e. The molecule has 1 fully saturated rings. The van der Waals surface area contributed by atoms with Crippen molar-refractivity contribution >= 4 is 0 Å². The summed E-state index contributed by atoms with van der Waals surface area (Å²) < 4.78 is 0. The van der Waals surface area contributed by atoms with Crippen molar-refractivity contribution in [3.05, 3.63) is 18.0 Å². The highest BCUT2D eigenvalue weighted by molar-refractivity contribution is 5.08. The third kappa shape index (κ3) is 2.08. The summed E-state index contributed by atoms with van der Waals surface area (Å²) in [5, 5.41) is 20.0. The first-order chi connectivity index (χ1) is 6.29. The number of hydrogen-bond acceptors (Lipinski definition) is 3. The van der Waals surface area contributed by atoms with E-state index in [1.165, 1.54) is 0 Å². The largest absolute Gasteiger partial charge is 0.388 e. The van der Waals surface area contributed by atoms with Crippen molar-refractivity contribution in [2.75, 3.05) is 13.1 Å². The number of rotatable bonds is 2. The molecule has 0 amide bonds. The van der Waals surface area contributed by atoms with E-state index in [9.17, 15) is 5.11 Å². The minimum atomic E-state index is -0.567. The van der Waals surface area contributed by atoms with Gasteiger partial charge in [-0.25, -0.2) is 0 Å². The Kier molecular flexibility index (Phi) is 2.33. The number of nitrogens with one attached hydrogen (secondary N) is 2. The first kappa shape index (κ1) is 8.72. The summed E-state index contributed by atoms with van der Waals surface area (Å²) in [5.41, 5.74) is 0.508. The zero-order chi connectivity index (χ0) is 9.15. The maximum Gasteiger partial charge on any atom is 0.0813 e. The Morgan fingerprint density at radius 1 is 1.62 bits per heavy atom. The average Bonchev–Trinajstić information content (AvgIpc) is 2.57. The maximum absolute atomic E-state index is 10.1. The fraction of sp³-hybridized carbons (Fsp3) is 0.667. The molecule has 3 N–H and O–H groups in total. The lowest BCUT2D eigenvalue weighted by Crippen LogP contribution is -2.47. The van der Waals surface area contributed by atoms with E-state index in [0.29, 0.717) is 13.0 Å². The monoisotopic (exact) mass is 181 g/mol. The van der Waals surface area contributed by atoms with Crippen LogP contribution in [-0.4, -0.2) is 34.0 Å². The molecule has 2 heterocycles. The lowest BCUT2D eigenvalue weighted by Gasteiger charge is -2.32. The molecule has 0 aliphatic carbocycles. The van der Waals surface area contributed by atoms with Crippen LogP contribution in [0.2, 0.25) is 0 Å². The predicted molar refractivity (Wildman–Crippen MR) is 49.3 cm³/mol. The molecule has 1 aromatic heterocycles. The van der Waals surface area contributed by atoms with Crippen molar-refractivity contribution < 1.29 is 5.11 Å². The van der Waals surface area contributed by atoms with Gasteiger partial charge in [0, 0.05) is 19.2 Å². The lowest BCUT2D eigenvalue weighted by molar-refractivity contribution is 0.0169. The summed E-state index contributed by atoms with van der Waals surface area (Å²) in [7, 11) is 0. The Morgan fingerprint density at radius 2 is 2.54 bits per heavy atom. The highest BCUT2D eigenvalue weighted by Gasteiger charge is 2.29. The summed E-state index contributed by atoms with van der Waals surface area (Å²) in [6.45, 7) is 1.71. The Labute approximate surface area is 77.4 Å². The molecule has 4 heteroatoms. The molecule has 1 atom stereocenters. The molecule has 1 saturated heterocycles. The van der Waals surface area contributed by atoms with Gasteiger partial charge in [0.15, 0.2) is 0 Å². The van der Waals surface area contributed by atoms with Gasteiger partial charge in [-0.3, -0.25) is 5.10 Å². The maximum atomic E-state index is 10.1. The number of aromatic amines is 1. The van der Waals surface area contributed by atoms with Crippen molar-refractivity contribution in [2.24, 2.45) is 0 Å². The normalized spacial score (nSPS) is 29.0. The van der Waals surface area contributed by atoms with Crippen LogP contribution in [0.4, 0.5) is 0 Å². The topological polar surface area (TPSA) is 60.9 Å². The summed E-state index contributed by atoms with van der Waals surface area (Å²) in [6.07, 6.45) is 6.23. The van der Waals surface area contributed by atoms with Crippen LogP contribution in [0.5, 0.6) is 0 Å². The fourth-order valence-electron chi connectivity index (χ4n) is 1.86. The summed E-state index contributed by atoms with van der Waals surface area (Å²) in [5.74, 6) is 0. The third-order valence-electron chi connectivity index (χ3n) is 2.54. The predicted octanol–water partition coefficient (Wildman–Crippen LogP) is 0.0667. The van der Waals surface area contributed by atoms with Gasteiger partial charge in [-0.05, 0) is 24.9 Å². The van der Waals surface area contributed by atoms with Crippen LogP contribution < -0.4 is 5.32 Å². The molecular weight excluding hydrogens is 166 g/mol. The summed E-state index contributed by atoms with van der Waals surface area (Å²) in [4.78, 5) is 0. The van der Waals surface area contributed by atoms with Gasteiger partial charge in [-0.1, -0.05) is 0 Å². The fourth-order valence-corrected chi connectivity index (χ4v) is 1.86. The molecule has 1 unspecified atom stereocenters. The molecule has 0 radical (unpaired) electrons. The van der Waals surface area contributed by atoms with Gasteiger partial charge in [0.25, 0.3) is 0 Å². The minimum Gasteiger partial charge on any atom is -0.388 e. The number of β-amino-alcohol motifs (C(OH)–C–C–N with tert-alkyl or cyclic N) is 1. The SMILES string of the molecule is OC1(Cc2cn[nH]c2)CCCNC1. The van der Waals surface area contributed by atoms with Gasteiger partial charge in [-0.15, -0.1) is 0 Å². The second-order valence-electron chi connectivity index (χ2n) is 3.79. The van der Waals surface area contributed by atoms with Gasteiger partial charge in [0.05, 0.1) is 11.8 Å². The van der Waals surface area contributed by atoms with Gasteiger partial charge in [0.2, 0.25) is 0 Å². The molecule has 1 aliphatic rings. The Bertz CT molecular complexity index is 252. The van der Waals surface area contributed by atoms with Gasteiger partial charge < -0.3 is 10.4 Å². The van der Waals surface area contributed by atoms with Crippen LogP contribution in [0.3, 0.4) is 0 Å². The van der Waals surface area contributed by atoms with E-state index in [0.717, 1.165) is 24.9 Å². The number of piperidine rings is 1. The quantitative estimate of drug-likeness (QED) is 0.605. The summed E-state index contributed by atoms with van der Waals surface area (Å²) >= 11 is 0. The summed E-state index contributed by atoms with van der Waals surface area (Å²) in [6, 6.07) is 0. The second kappa shape index (κ2) is 3.47. The average molecular weight is 181 g/mol. The minimum absolute atomic E-state index is 0.567. The highest BCUT2D eigenvalue weighted by atomic mass is 16.3. The molecule has 13 heavy (non-hydrogen) atoms. The van der Waals surface area contributed by atoms with E-state index in [4.69, 9.17) is 0 Å². The number of H-pyrrole nitrogens is 1. The Hall–Kier alpha value is -0.870. The van der Waals surface area contributed by atoms with Crippen molar-refractivity contribution in [2.45, 2.75) is 24.9 Å². The molecule has 0 aromatic carbocycles. The molecule has 1 aliphatic heterocycles. The number of nitrogens with zero attached hydrogens (tertiary/aromatic N) is 1. The van der Waals surface area contributed by atoms with E-state index in [-0.39, 0.29) is 0 Å². The van der Waals surface area contributed by atoms with E-state index in [1.54, 1.807) is 6.20 Å². The molecule has 4 nitrogen and oxygen atoms in total. The number of hydrogen-bond donors (Lipinski definition) is 3. The van der Waals surface area contributed by atoms with E-state index >= 15 is 0 Å². The molecule has 72 valence electrons. The highest BCUT2D eigenvalue weighted by Crippen LogP contribution is 2.20. The van der Waals surface area contributed by atoms with Crippen LogP contribution in [0.1, 0.15) is 18.4 Å². The van der Waals surface area contributed by atoms with Crippen molar-refractivity contribution in [1.82, 2.24) is 15.5 Å². The van der Waals surface area contributed by atoms with Crippen molar-refractivity contribution in [1.29, 1.82) is 0 Å². The molecule has 1 aromatic rings. The first-order valence-corrected chi connectivity index (χ1v) is 4.69. The van der Waals surface area contributed by atoms with E-state index in [1.807, 2.05) is 6.20 Å². The Morgan fingerprint density at radius 3 is 3.15 bits per heavy atom. The molecule has 2 rings (SSSR count). The van der Waals surface area contributed by atoms with Crippen molar-refractivity contribution in [3.8, 4) is 0 Å². The van der Waals surface area contributed by atoms with Gasteiger partial charge in [0.1, 0.15) is 0 Å². The van der Waals surface area contributed by atoms with E-state index < -0.39 is 5.60 Å². The van der Waals surface area contributed by atoms with Crippen LogP contribution in [0.15, 0.2) is 12.4 Å². The van der Waals surface area contributed by atoms with Crippen LogP contribution in [0, 0.1) is 0 Å². The first-order valence-electron chi connectivity index (χ1n) is 4.69. The number of aliphatic hydroxyl groups is 1. The van der Waals surface area contributed by atoms with Crippen LogP contribution >= 0.6 is 0 Å².